The highest BCUT2D eigenvalue weighted by atomic mass is 16.7. The Labute approximate surface area is 98.8 Å². The number of ether oxygens (including phenoxy) is 2. The van der Waals surface area contributed by atoms with Crippen LogP contribution in [0, 0.1) is 0 Å². The Morgan fingerprint density at radius 1 is 1.29 bits per heavy atom. The van der Waals surface area contributed by atoms with Crippen molar-refractivity contribution in [3.8, 4) is 11.5 Å². The molecule has 5 nitrogen and oxygen atoms in total. The summed E-state index contributed by atoms with van der Waals surface area (Å²) < 4.78 is 12.4. The summed E-state index contributed by atoms with van der Waals surface area (Å²) in [6.45, 7) is 2.33. The van der Waals surface area contributed by atoms with E-state index in [0.29, 0.717) is 5.82 Å². The van der Waals surface area contributed by atoms with E-state index in [2.05, 4.69) is 5.10 Å². The maximum absolute atomic E-state index is 5.84. The van der Waals surface area contributed by atoms with Crippen molar-refractivity contribution in [1.29, 1.82) is 0 Å². The molecule has 0 aliphatic carbocycles. The summed E-state index contributed by atoms with van der Waals surface area (Å²) in [6.07, 6.45) is 1.69. The van der Waals surface area contributed by atoms with E-state index in [1.165, 1.54) is 0 Å². The van der Waals surface area contributed by atoms with Crippen LogP contribution in [-0.4, -0.2) is 16.6 Å². The largest absolute Gasteiger partial charge is 0.454 e. The summed E-state index contributed by atoms with van der Waals surface area (Å²) in [6, 6.07) is 7.73. The predicted octanol–water partition coefficient (Wildman–Crippen LogP) is 1.80. The van der Waals surface area contributed by atoms with Crippen molar-refractivity contribution in [2.75, 3.05) is 12.5 Å². The molecule has 17 heavy (non-hydrogen) atoms. The molecule has 1 aromatic carbocycles. The minimum Gasteiger partial charge on any atom is -0.454 e. The van der Waals surface area contributed by atoms with E-state index in [0.717, 1.165) is 17.1 Å². The van der Waals surface area contributed by atoms with E-state index >= 15 is 0 Å². The SMILES string of the molecule is CC(c1ccc2c(c1)OCO2)n1nccc1N. The average Bonchev–Trinajstić information content (AvgIpc) is 2.95. The van der Waals surface area contributed by atoms with Crippen LogP contribution >= 0.6 is 0 Å². The Hall–Kier alpha value is -2.17. The van der Waals surface area contributed by atoms with Gasteiger partial charge in [-0.1, -0.05) is 6.07 Å². The Kier molecular flexibility index (Phi) is 2.18. The highest BCUT2D eigenvalue weighted by molar-refractivity contribution is 5.45. The van der Waals surface area contributed by atoms with Crippen LogP contribution in [0.4, 0.5) is 5.82 Å². The van der Waals surface area contributed by atoms with Crippen molar-refractivity contribution < 1.29 is 9.47 Å². The molecule has 0 saturated heterocycles. The number of hydrogen-bond acceptors (Lipinski definition) is 4. The van der Waals surface area contributed by atoms with Crippen molar-refractivity contribution in [3.63, 3.8) is 0 Å². The number of fused-ring (bicyclic) bond motifs is 1. The van der Waals surface area contributed by atoms with Crippen LogP contribution in [0.25, 0.3) is 0 Å². The highest BCUT2D eigenvalue weighted by Gasteiger charge is 2.17. The van der Waals surface area contributed by atoms with Gasteiger partial charge in [0.05, 0.1) is 12.2 Å². The van der Waals surface area contributed by atoms with Crippen LogP contribution in [0.5, 0.6) is 11.5 Å². The zero-order valence-corrected chi connectivity index (χ0v) is 9.46. The molecular weight excluding hydrogens is 218 g/mol. The Morgan fingerprint density at radius 3 is 2.88 bits per heavy atom. The lowest BCUT2D eigenvalue weighted by Gasteiger charge is -2.14. The van der Waals surface area contributed by atoms with Crippen LogP contribution < -0.4 is 15.2 Å². The number of nitrogen functional groups attached to an aromatic ring is 1. The topological polar surface area (TPSA) is 62.3 Å². The van der Waals surface area contributed by atoms with E-state index in [9.17, 15) is 0 Å². The standard InChI is InChI=1S/C12H13N3O2/c1-8(15-12(13)4-5-14-15)9-2-3-10-11(6-9)17-7-16-10/h2-6,8H,7,13H2,1H3. The molecule has 1 aliphatic rings. The second-order valence-electron chi connectivity index (χ2n) is 3.99. The number of anilines is 1. The van der Waals surface area contributed by atoms with Crippen LogP contribution in [0.3, 0.4) is 0 Å². The summed E-state index contributed by atoms with van der Waals surface area (Å²) in [5.74, 6) is 2.21. The van der Waals surface area contributed by atoms with Gasteiger partial charge in [-0.2, -0.15) is 5.10 Å². The molecule has 1 atom stereocenters. The molecule has 0 saturated carbocycles. The van der Waals surface area contributed by atoms with Crippen LogP contribution in [0.1, 0.15) is 18.5 Å². The first-order valence-corrected chi connectivity index (χ1v) is 5.44. The average molecular weight is 231 g/mol. The first-order valence-electron chi connectivity index (χ1n) is 5.44. The maximum atomic E-state index is 5.84. The molecule has 1 aromatic heterocycles. The summed E-state index contributed by atoms with van der Waals surface area (Å²) in [5, 5.41) is 4.21. The van der Waals surface area contributed by atoms with E-state index in [4.69, 9.17) is 15.2 Å². The lowest BCUT2D eigenvalue weighted by molar-refractivity contribution is 0.174. The van der Waals surface area contributed by atoms with Crippen molar-refractivity contribution in [1.82, 2.24) is 9.78 Å². The molecule has 2 heterocycles. The van der Waals surface area contributed by atoms with Gasteiger partial charge in [-0.05, 0) is 30.7 Å². The number of benzene rings is 1. The molecule has 2 N–H and O–H groups in total. The molecule has 1 unspecified atom stereocenters. The second kappa shape index (κ2) is 3.69. The fourth-order valence-corrected chi connectivity index (χ4v) is 1.96. The monoisotopic (exact) mass is 231 g/mol. The van der Waals surface area contributed by atoms with Gasteiger partial charge in [0.15, 0.2) is 11.5 Å². The fraction of sp³-hybridized carbons (Fsp3) is 0.250. The molecule has 0 fully saturated rings. The summed E-state index contributed by atoms with van der Waals surface area (Å²) in [4.78, 5) is 0. The van der Waals surface area contributed by atoms with Gasteiger partial charge >= 0.3 is 0 Å². The summed E-state index contributed by atoms with van der Waals surface area (Å²) >= 11 is 0. The molecule has 0 bridgehead atoms. The number of nitrogens with two attached hydrogens (primary N) is 1. The van der Waals surface area contributed by atoms with E-state index in [1.54, 1.807) is 16.9 Å². The Balaban J connectivity index is 1.97. The van der Waals surface area contributed by atoms with Gasteiger partial charge < -0.3 is 15.2 Å². The van der Waals surface area contributed by atoms with Crippen LogP contribution in [0.15, 0.2) is 30.5 Å². The third-order valence-electron chi connectivity index (χ3n) is 2.95. The molecule has 1 aliphatic heterocycles. The molecule has 0 radical (unpaired) electrons. The number of rotatable bonds is 2. The Morgan fingerprint density at radius 2 is 2.12 bits per heavy atom. The third-order valence-corrected chi connectivity index (χ3v) is 2.95. The first-order chi connectivity index (χ1) is 8.25. The van der Waals surface area contributed by atoms with Crippen molar-refractivity contribution in [2.45, 2.75) is 13.0 Å². The molecule has 5 heteroatoms. The quantitative estimate of drug-likeness (QED) is 0.856. The molecular formula is C12H13N3O2. The van der Waals surface area contributed by atoms with Crippen molar-refractivity contribution >= 4 is 5.82 Å². The second-order valence-corrected chi connectivity index (χ2v) is 3.99. The van der Waals surface area contributed by atoms with Crippen LogP contribution in [-0.2, 0) is 0 Å². The maximum Gasteiger partial charge on any atom is 0.231 e. The van der Waals surface area contributed by atoms with Gasteiger partial charge in [-0.3, -0.25) is 0 Å². The van der Waals surface area contributed by atoms with Gasteiger partial charge in [-0.25, -0.2) is 4.68 Å². The predicted molar refractivity (Wildman–Crippen MR) is 63.0 cm³/mol. The minimum atomic E-state index is 0.0690. The summed E-state index contributed by atoms with van der Waals surface area (Å²) in [5.41, 5.74) is 6.92. The van der Waals surface area contributed by atoms with E-state index in [-0.39, 0.29) is 12.8 Å². The Bertz CT molecular complexity index is 550. The molecule has 0 amide bonds. The number of nitrogens with zero attached hydrogens (tertiary/aromatic N) is 2. The zero-order chi connectivity index (χ0) is 11.8. The lowest BCUT2D eigenvalue weighted by Crippen LogP contribution is -2.11. The van der Waals surface area contributed by atoms with Gasteiger partial charge in [0.2, 0.25) is 6.79 Å². The van der Waals surface area contributed by atoms with Crippen molar-refractivity contribution in [2.24, 2.45) is 0 Å². The van der Waals surface area contributed by atoms with Crippen molar-refractivity contribution in [3.05, 3.63) is 36.0 Å². The third kappa shape index (κ3) is 1.60. The highest BCUT2D eigenvalue weighted by Crippen LogP contribution is 2.35. The lowest BCUT2D eigenvalue weighted by atomic mass is 10.1. The van der Waals surface area contributed by atoms with Gasteiger partial charge in [0, 0.05) is 0 Å². The first kappa shape index (κ1) is 10.0. The van der Waals surface area contributed by atoms with Gasteiger partial charge in [0.25, 0.3) is 0 Å². The normalized spacial score (nSPS) is 14.9. The summed E-state index contributed by atoms with van der Waals surface area (Å²) in [7, 11) is 0. The molecule has 3 rings (SSSR count). The van der Waals surface area contributed by atoms with E-state index in [1.807, 2.05) is 25.1 Å². The molecule has 88 valence electrons. The molecule has 2 aromatic rings. The fourth-order valence-electron chi connectivity index (χ4n) is 1.96. The van der Waals surface area contributed by atoms with Gasteiger partial charge in [-0.15, -0.1) is 0 Å². The zero-order valence-electron chi connectivity index (χ0n) is 9.46. The minimum absolute atomic E-state index is 0.0690. The van der Waals surface area contributed by atoms with Crippen LogP contribution in [0.2, 0.25) is 0 Å². The molecule has 0 spiro atoms. The smallest absolute Gasteiger partial charge is 0.231 e. The number of hydrogen-bond donors (Lipinski definition) is 1. The van der Waals surface area contributed by atoms with E-state index < -0.39 is 0 Å². The van der Waals surface area contributed by atoms with Gasteiger partial charge in [0.1, 0.15) is 5.82 Å². The number of aromatic nitrogens is 2.